The molecule has 13 nitrogen and oxygen atoms in total. The Morgan fingerprint density at radius 1 is 0.915 bits per heavy atom. The van der Waals surface area contributed by atoms with E-state index >= 15 is 0 Å². The van der Waals surface area contributed by atoms with Gasteiger partial charge < -0.3 is 39.5 Å². The Morgan fingerprint density at radius 2 is 1.64 bits per heavy atom. The first-order valence-corrected chi connectivity index (χ1v) is 19.4. The molecule has 2 bridgehead atoms. The summed E-state index contributed by atoms with van der Waals surface area (Å²) in [6, 6.07) is 14.5. The molecule has 14 heteroatoms. The second-order valence-corrected chi connectivity index (χ2v) is 18.8. The summed E-state index contributed by atoms with van der Waals surface area (Å²) in [5.74, 6) is -0.892. The Kier molecular flexibility index (Phi) is 11.9. The largest absolute Gasteiger partial charge is 0.491 e. The van der Waals surface area contributed by atoms with E-state index in [0.29, 0.717) is 24.3 Å². The molecule has 254 valence electrons. The van der Waals surface area contributed by atoms with Crippen LogP contribution in [0.2, 0.25) is 25.7 Å². The number of nitrogens with one attached hydrogen (secondary N) is 2. The van der Waals surface area contributed by atoms with Gasteiger partial charge in [-0.25, -0.2) is 9.59 Å². The normalized spacial score (nSPS) is 20.8. The van der Waals surface area contributed by atoms with Crippen LogP contribution in [0, 0.1) is 0 Å². The highest BCUT2D eigenvalue weighted by Gasteiger charge is 2.38. The molecule has 2 aromatic rings. The van der Waals surface area contributed by atoms with E-state index in [1.54, 1.807) is 41.3 Å². The maximum absolute atomic E-state index is 13.7. The molecule has 0 spiro atoms. The molecule has 1 saturated heterocycles. The highest BCUT2D eigenvalue weighted by molar-refractivity contribution is 6.76. The van der Waals surface area contributed by atoms with Crippen molar-refractivity contribution in [2.45, 2.75) is 56.8 Å². The quantitative estimate of drug-likeness (QED) is 0.429. The van der Waals surface area contributed by atoms with Gasteiger partial charge in [0.05, 0.1) is 31.8 Å². The van der Waals surface area contributed by atoms with Crippen molar-refractivity contribution in [3.05, 3.63) is 65.7 Å². The highest BCUT2D eigenvalue weighted by Crippen LogP contribution is 2.22. The number of hydrogen-bond donors (Lipinski definition) is 2. The number of benzene rings is 2. The van der Waals surface area contributed by atoms with Crippen molar-refractivity contribution in [1.29, 1.82) is 0 Å². The van der Waals surface area contributed by atoms with Crippen molar-refractivity contribution >= 4 is 38.0 Å². The van der Waals surface area contributed by atoms with Gasteiger partial charge in [-0.2, -0.15) is 0 Å². The minimum Gasteiger partial charge on any atom is -0.491 e. The van der Waals surface area contributed by atoms with E-state index in [1.807, 2.05) is 18.2 Å². The van der Waals surface area contributed by atoms with Crippen LogP contribution in [0.1, 0.15) is 22.3 Å². The van der Waals surface area contributed by atoms with Crippen LogP contribution < -0.4 is 15.4 Å². The van der Waals surface area contributed by atoms with Crippen LogP contribution in [0.15, 0.2) is 54.6 Å². The number of amides is 5. The molecule has 1 fully saturated rings. The van der Waals surface area contributed by atoms with Gasteiger partial charge >= 0.3 is 12.2 Å². The zero-order chi connectivity index (χ0) is 34.1. The summed E-state index contributed by atoms with van der Waals surface area (Å²) in [6.07, 6.45) is -0.975. The number of ether oxygens (including phenoxy) is 3. The summed E-state index contributed by atoms with van der Waals surface area (Å²) in [5.41, 5.74) is 1.09. The number of fused-ring (bicyclic) bond motifs is 3. The number of hydrogen-bond acceptors (Lipinski definition) is 8. The minimum atomic E-state index is -1.38. The summed E-state index contributed by atoms with van der Waals surface area (Å²) in [7, 11) is 1.60. The number of nitrogens with zero attached hydrogens (tertiary/aromatic N) is 3. The van der Waals surface area contributed by atoms with Crippen molar-refractivity contribution in [2.24, 2.45) is 0 Å². The molecule has 47 heavy (non-hydrogen) atoms. The molecular formula is C33H45N5O8Si. The Balaban J connectivity index is 1.51. The summed E-state index contributed by atoms with van der Waals surface area (Å²) in [4.78, 5) is 70.2. The van der Waals surface area contributed by atoms with E-state index in [4.69, 9.17) is 14.2 Å². The third-order valence-electron chi connectivity index (χ3n) is 8.02. The molecular weight excluding hydrogens is 622 g/mol. The topological polar surface area (TPSA) is 147 Å². The van der Waals surface area contributed by atoms with Crippen molar-refractivity contribution in [1.82, 2.24) is 25.3 Å². The summed E-state index contributed by atoms with van der Waals surface area (Å²) < 4.78 is 16.8. The van der Waals surface area contributed by atoms with E-state index in [0.717, 1.165) is 11.6 Å². The van der Waals surface area contributed by atoms with Crippen molar-refractivity contribution in [3.8, 4) is 5.75 Å². The molecule has 3 atom stereocenters. The first-order valence-electron chi connectivity index (χ1n) is 15.7. The number of carbonyl (C=O) groups excluding carboxylic acids is 5. The first kappa shape index (κ1) is 35.3. The fourth-order valence-corrected chi connectivity index (χ4v) is 6.08. The van der Waals surface area contributed by atoms with E-state index < -0.39 is 38.3 Å². The molecule has 2 N–H and O–H groups in total. The fourth-order valence-electron chi connectivity index (χ4n) is 5.36. The molecule has 2 aliphatic rings. The van der Waals surface area contributed by atoms with Gasteiger partial charge in [-0.3, -0.25) is 14.4 Å². The first-order chi connectivity index (χ1) is 22.3. The lowest BCUT2D eigenvalue weighted by atomic mass is 10.1. The molecule has 0 unspecified atom stereocenters. The molecule has 0 radical (unpaired) electrons. The Hall–Kier alpha value is -4.59. The average molecular weight is 668 g/mol. The molecule has 0 saturated carbocycles. The predicted molar refractivity (Wildman–Crippen MR) is 177 cm³/mol. The Labute approximate surface area is 276 Å². The van der Waals surface area contributed by atoms with E-state index in [9.17, 15) is 24.0 Å². The standard InChI is InChI=1S/C33H45N5O8Si/c1-36-19-28(35-33(43)46-21-23-10-7-6-8-11-23)31(41)37(2)20-29(39)38-18-25(34-32(42)44-14-15-47(3,4)5)17-26(38)22-45-27-13-9-12-24(16-27)30(36)40/h6-13,16,25-26,28H,14-15,17-22H2,1-5H3,(H,34,42)(H,35,43)/t25-,26-,28-/m0/s1. The second-order valence-electron chi connectivity index (χ2n) is 13.2. The van der Waals surface area contributed by atoms with Crippen molar-refractivity contribution < 1.29 is 38.2 Å². The van der Waals surface area contributed by atoms with Crippen LogP contribution in [-0.2, 0) is 25.7 Å². The molecule has 2 heterocycles. The maximum atomic E-state index is 13.7. The van der Waals surface area contributed by atoms with Crippen molar-refractivity contribution in [2.75, 3.05) is 46.9 Å². The van der Waals surface area contributed by atoms with E-state index in [2.05, 4.69) is 30.3 Å². The van der Waals surface area contributed by atoms with Gasteiger partial charge in [-0.05, 0) is 36.2 Å². The number of likely N-dealkylation sites (N-methyl/N-ethyl adjacent to an activating group) is 2. The van der Waals surface area contributed by atoms with Crippen LogP contribution in [0.3, 0.4) is 0 Å². The number of rotatable bonds is 7. The SMILES string of the molecule is CN1C[C@H](NC(=O)OCc2ccccc2)C(=O)N(C)CC(=O)N2C[C@@H](NC(=O)OCC[Si](C)(C)C)C[C@H]2COc2cccc(c2)C1=O. The Bertz CT molecular complexity index is 1440. The van der Waals surface area contributed by atoms with Gasteiger partial charge in [-0.1, -0.05) is 56.0 Å². The van der Waals surface area contributed by atoms with Crippen LogP contribution in [0.25, 0.3) is 0 Å². The predicted octanol–water partition coefficient (Wildman–Crippen LogP) is 2.94. The second kappa shape index (κ2) is 15.8. The van der Waals surface area contributed by atoms with Gasteiger partial charge in [0.15, 0.2) is 0 Å². The van der Waals surface area contributed by atoms with E-state index in [1.165, 1.54) is 23.9 Å². The fraction of sp³-hybridized carbons (Fsp3) is 0.485. The lowest BCUT2D eigenvalue weighted by molar-refractivity contribution is -0.141. The number of carbonyl (C=O) groups is 5. The lowest BCUT2D eigenvalue weighted by Crippen LogP contribution is -2.55. The van der Waals surface area contributed by atoms with Crippen LogP contribution in [0.4, 0.5) is 9.59 Å². The maximum Gasteiger partial charge on any atom is 0.408 e. The molecule has 2 aliphatic heterocycles. The van der Waals surface area contributed by atoms with Crippen LogP contribution in [-0.4, -0.2) is 118 Å². The molecule has 2 aromatic carbocycles. The summed E-state index contributed by atoms with van der Waals surface area (Å²) >= 11 is 0. The van der Waals surface area contributed by atoms with Gasteiger partial charge in [-0.15, -0.1) is 0 Å². The molecule has 5 amide bonds. The molecule has 4 rings (SSSR count). The van der Waals surface area contributed by atoms with Crippen LogP contribution in [0.5, 0.6) is 5.75 Å². The van der Waals surface area contributed by atoms with E-state index in [-0.39, 0.29) is 50.7 Å². The van der Waals surface area contributed by atoms with Gasteiger partial charge in [0.1, 0.15) is 25.0 Å². The third kappa shape index (κ3) is 10.5. The number of alkyl carbamates (subject to hydrolysis) is 2. The average Bonchev–Trinajstić information content (AvgIpc) is 3.43. The monoisotopic (exact) mass is 667 g/mol. The minimum absolute atomic E-state index is 0.0130. The summed E-state index contributed by atoms with van der Waals surface area (Å²) in [5, 5.41) is 5.45. The molecule has 0 aliphatic carbocycles. The van der Waals surface area contributed by atoms with Crippen molar-refractivity contribution in [3.63, 3.8) is 0 Å². The zero-order valence-electron chi connectivity index (χ0n) is 27.7. The Morgan fingerprint density at radius 3 is 2.36 bits per heavy atom. The summed E-state index contributed by atoms with van der Waals surface area (Å²) in [6.45, 7) is 6.74. The van der Waals surface area contributed by atoms with Gasteiger partial charge in [0, 0.05) is 34.3 Å². The zero-order valence-corrected chi connectivity index (χ0v) is 28.7. The highest BCUT2D eigenvalue weighted by atomic mass is 28.3. The molecule has 0 aromatic heterocycles. The van der Waals surface area contributed by atoms with Crippen LogP contribution >= 0.6 is 0 Å². The van der Waals surface area contributed by atoms with Gasteiger partial charge in [0.25, 0.3) is 5.91 Å². The lowest BCUT2D eigenvalue weighted by Gasteiger charge is -2.30. The van der Waals surface area contributed by atoms with Gasteiger partial charge in [0.2, 0.25) is 11.8 Å². The smallest absolute Gasteiger partial charge is 0.408 e. The third-order valence-corrected chi connectivity index (χ3v) is 9.72.